The summed E-state index contributed by atoms with van der Waals surface area (Å²) in [5.74, 6) is 0.903. The number of likely N-dealkylation sites (tertiary alicyclic amines) is 1. The van der Waals surface area contributed by atoms with E-state index in [1.807, 2.05) is 25.1 Å². The maximum atomic E-state index is 14.7. The van der Waals surface area contributed by atoms with E-state index in [2.05, 4.69) is 16.3 Å². The molecule has 1 N–H and O–H groups in total. The summed E-state index contributed by atoms with van der Waals surface area (Å²) in [6.07, 6.45) is 1.89. The average Bonchev–Trinajstić information content (AvgIpc) is 2.87. The Bertz CT molecular complexity index is 1380. The zero-order valence-electron chi connectivity index (χ0n) is 20.0. The first-order valence-corrected chi connectivity index (χ1v) is 12.9. The lowest BCUT2D eigenvalue weighted by atomic mass is 10.0. The van der Waals surface area contributed by atoms with Crippen LogP contribution in [0.15, 0.2) is 60.7 Å². The van der Waals surface area contributed by atoms with Gasteiger partial charge in [-0.15, -0.1) is 0 Å². The minimum Gasteiger partial charge on any atom is -0.492 e. The van der Waals surface area contributed by atoms with Crippen LogP contribution >= 0.6 is 23.2 Å². The van der Waals surface area contributed by atoms with E-state index in [1.165, 1.54) is 11.6 Å². The number of anilines is 1. The molecule has 0 saturated carbocycles. The molecule has 1 aliphatic rings. The number of benzene rings is 3. The molecule has 3 aromatic carbocycles. The second-order valence-corrected chi connectivity index (χ2v) is 9.77. The fourth-order valence-corrected chi connectivity index (χ4v) is 4.96. The third-order valence-electron chi connectivity index (χ3n) is 6.41. The first-order chi connectivity index (χ1) is 17.5. The molecule has 1 aromatic heterocycles. The minimum absolute atomic E-state index is 0.226. The predicted molar refractivity (Wildman–Crippen MR) is 144 cm³/mol. The Morgan fingerprint density at radius 1 is 1.03 bits per heavy atom. The van der Waals surface area contributed by atoms with Crippen molar-refractivity contribution in [1.29, 1.82) is 0 Å². The molecule has 1 saturated heterocycles. The number of nitrogens with zero attached hydrogens (tertiary/aromatic N) is 3. The molecule has 8 heteroatoms. The summed E-state index contributed by atoms with van der Waals surface area (Å²) in [6, 6.07) is 18.3. The number of hydrogen-bond donors (Lipinski definition) is 1. The molecule has 0 atom stereocenters. The van der Waals surface area contributed by atoms with Gasteiger partial charge in [0.15, 0.2) is 0 Å². The molecule has 0 bridgehead atoms. The number of nitrogens with one attached hydrogen (secondary N) is 1. The molecule has 186 valence electrons. The molecule has 5 nitrogen and oxygen atoms in total. The Morgan fingerprint density at radius 3 is 2.61 bits per heavy atom. The number of fused-ring (bicyclic) bond motifs is 1. The van der Waals surface area contributed by atoms with Crippen LogP contribution in [-0.4, -0.2) is 40.6 Å². The highest BCUT2D eigenvalue weighted by atomic mass is 35.5. The summed E-state index contributed by atoms with van der Waals surface area (Å²) in [5, 5.41) is 5.41. The van der Waals surface area contributed by atoms with Gasteiger partial charge >= 0.3 is 0 Å². The second kappa shape index (κ2) is 11.0. The molecule has 4 aromatic rings. The first kappa shape index (κ1) is 24.8. The van der Waals surface area contributed by atoms with Crippen molar-refractivity contribution in [2.24, 2.45) is 0 Å². The van der Waals surface area contributed by atoms with Crippen molar-refractivity contribution in [2.45, 2.75) is 32.4 Å². The summed E-state index contributed by atoms with van der Waals surface area (Å²) in [7, 11) is 0. The van der Waals surface area contributed by atoms with Crippen LogP contribution in [0.2, 0.25) is 10.0 Å². The highest BCUT2D eigenvalue weighted by molar-refractivity contribution is 6.32. The van der Waals surface area contributed by atoms with E-state index in [9.17, 15) is 4.39 Å². The smallest absolute Gasteiger partial charge is 0.224 e. The van der Waals surface area contributed by atoms with Crippen LogP contribution in [0, 0.1) is 5.82 Å². The lowest BCUT2D eigenvalue weighted by Crippen LogP contribution is -2.39. The van der Waals surface area contributed by atoms with E-state index in [0.29, 0.717) is 33.9 Å². The van der Waals surface area contributed by atoms with E-state index in [-0.39, 0.29) is 11.9 Å². The SMILES string of the molecule is CCOc1cc(CN2CCC(Nc3nc(-c4ccccc4F)c4cc(Cl)ccc4n3)CC2)ccc1Cl. The average molecular weight is 525 g/mol. The van der Waals surface area contributed by atoms with Gasteiger partial charge in [-0.1, -0.05) is 41.4 Å². The van der Waals surface area contributed by atoms with Crippen LogP contribution in [0.1, 0.15) is 25.3 Å². The fourth-order valence-electron chi connectivity index (χ4n) is 4.61. The summed E-state index contributed by atoms with van der Waals surface area (Å²) in [6.45, 7) is 5.26. The largest absolute Gasteiger partial charge is 0.492 e. The molecule has 0 radical (unpaired) electrons. The van der Waals surface area contributed by atoms with Gasteiger partial charge in [-0.25, -0.2) is 14.4 Å². The monoisotopic (exact) mass is 524 g/mol. The number of ether oxygens (including phenoxy) is 1. The maximum Gasteiger partial charge on any atom is 0.224 e. The van der Waals surface area contributed by atoms with Gasteiger partial charge in [0.05, 0.1) is 22.8 Å². The first-order valence-electron chi connectivity index (χ1n) is 12.1. The van der Waals surface area contributed by atoms with Crippen LogP contribution in [-0.2, 0) is 6.54 Å². The van der Waals surface area contributed by atoms with Gasteiger partial charge in [0.2, 0.25) is 5.95 Å². The van der Waals surface area contributed by atoms with E-state index in [1.54, 1.807) is 30.3 Å². The van der Waals surface area contributed by atoms with Crippen LogP contribution < -0.4 is 10.1 Å². The molecule has 0 aliphatic carbocycles. The number of hydrogen-bond acceptors (Lipinski definition) is 5. The van der Waals surface area contributed by atoms with E-state index in [0.717, 1.165) is 49.1 Å². The molecule has 0 amide bonds. The van der Waals surface area contributed by atoms with Gasteiger partial charge in [0.25, 0.3) is 0 Å². The van der Waals surface area contributed by atoms with Crippen molar-refractivity contribution in [3.63, 3.8) is 0 Å². The number of halogens is 3. The van der Waals surface area contributed by atoms with Gasteiger partial charge < -0.3 is 10.1 Å². The van der Waals surface area contributed by atoms with Gasteiger partial charge in [-0.05, 0) is 67.8 Å². The van der Waals surface area contributed by atoms with E-state index in [4.69, 9.17) is 37.9 Å². The molecule has 0 spiro atoms. The van der Waals surface area contributed by atoms with Crippen molar-refractivity contribution in [1.82, 2.24) is 14.9 Å². The Labute approximate surface area is 220 Å². The van der Waals surface area contributed by atoms with Gasteiger partial charge in [-0.2, -0.15) is 0 Å². The molecular weight excluding hydrogens is 498 g/mol. The van der Waals surface area contributed by atoms with Crippen molar-refractivity contribution >= 4 is 40.1 Å². The van der Waals surface area contributed by atoms with Crippen LogP contribution in [0.4, 0.5) is 10.3 Å². The van der Waals surface area contributed by atoms with Crippen molar-refractivity contribution in [3.8, 4) is 17.0 Å². The van der Waals surface area contributed by atoms with Crippen molar-refractivity contribution in [3.05, 3.63) is 82.1 Å². The molecule has 5 rings (SSSR count). The third kappa shape index (κ3) is 5.56. The fraction of sp³-hybridized carbons (Fsp3) is 0.286. The van der Waals surface area contributed by atoms with Gasteiger partial charge in [-0.3, -0.25) is 4.90 Å². The third-order valence-corrected chi connectivity index (χ3v) is 6.96. The number of aromatic nitrogens is 2. The highest BCUT2D eigenvalue weighted by Crippen LogP contribution is 2.32. The Kier molecular flexibility index (Phi) is 7.56. The molecule has 0 unspecified atom stereocenters. The Balaban J connectivity index is 1.30. The van der Waals surface area contributed by atoms with Crippen LogP contribution in [0.5, 0.6) is 5.75 Å². The van der Waals surface area contributed by atoms with Crippen molar-refractivity contribution < 1.29 is 9.13 Å². The second-order valence-electron chi connectivity index (χ2n) is 8.93. The maximum absolute atomic E-state index is 14.7. The zero-order valence-corrected chi connectivity index (χ0v) is 21.5. The van der Waals surface area contributed by atoms with Gasteiger partial charge in [0.1, 0.15) is 11.6 Å². The molecule has 1 aliphatic heterocycles. The summed E-state index contributed by atoms with van der Waals surface area (Å²) < 4.78 is 20.3. The lowest BCUT2D eigenvalue weighted by molar-refractivity contribution is 0.210. The summed E-state index contributed by atoms with van der Waals surface area (Å²) >= 11 is 12.5. The summed E-state index contributed by atoms with van der Waals surface area (Å²) in [5.41, 5.74) is 2.87. The molecule has 1 fully saturated rings. The van der Waals surface area contributed by atoms with Crippen LogP contribution in [0.3, 0.4) is 0 Å². The minimum atomic E-state index is -0.327. The van der Waals surface area contributed by atoms with Gasteiger partial charge in [0, 0.05) is 41.6 Å². The number of rotatable bonds is 7. The van der Waals surface area contributed by atoms with E-state index >= 15 is 0 Å². The highest BCUT2D eigenvalue weighted by Gasteiger charge is 2.21. The molecule has 2 heterocycles. The summed E-state index contributed by atoms with van der Waals surface area (Å²) in [4.78, 5) is 11.9. The normalized spacial score (nSPS) is 14.8. The molecular formula is C28H27Cl2FN4O. The number of piperidine rings is 1. The van der Waals surface area contributed by atoms with E-state index < -0.39 is 0 Å². The Morgan fingerprint density at radius 2 is 1.83 bits per heavy atom. The van der Waals surface area contributed by atoms with Crippen molar-refractivity contribution in [2.75, 3.05) is 25.0 Å². The quantitative estimate of drug-likeness (QED) is 0.276. The lowest BCUT2D eigenvalue weighted by Gasteiger charge is -2.32. The zero-order chi connectivity index (χ0) is 25.1. The Hall–Kier alpha value is -2.93. The molecule has 36 heavy (non-hydrogen) atoms. The topological polar surface area (TPSA) is 50.3 Å². The predicted octanol–water partition coefficient (Wildman–Crippen LogP) is 7.22. The van der Waals surface area contributed by atoms with Crippen LogP contribution in [0.25, 0.3) is 22.2 Å². The standard InChI is InChI=1S/C28H27Cl2FN4O/c1-2-36-26-15-18(7-9-23(26)30)17-35-13-11-20(12-14-35)32-28-33-25-10-8-19(29)16-22(25)27(34-28)21-5-3-4-6-24(21)31/h3-10,15-16,20H,2,11-14,17H2,1H3,(H,32,33,34).